The van der Waals surface area contributed by atoms with Crippen molar-refractivity contribution in [2.24, 2.45) is 0 Å². The molecule has 0 aliphatic rings. The van der Waals surface area contributed by atoms with E-state index in [0.29, 0.717) is 6.54 Å². The fraction of sp³-hybridized carbons (Fsp3) is 0.609. The minimum atomic E-state index is -1.82. The van der Waals surface area contributed by atoms with Gasteiger partial charge in [0, 0.05) is 6.54 Å². The summed E-state index contributed by atoms with van der Waals surface area (Å²) >= 11 is 0. The number of benzene rings is 1. The first-order valence-electron chi connectivity index (χ1n) is 11.3. The summed E-state index contributed by atoms with van der Waals surface area (Å²) in [6.45, 7) is 17.6. The van der Waals surface area contributed by atoms with Gasteiger partial charge in [0.05, 0.1) is 0 Å². The van der Waals surface area contributed by atoms with Gasteiger partial charge in [0.2, 0.25) is 5.91 Å². The maximum Gasteiger partial charge on any atom is 0.250 e. The van der Waals surface area contributed by atoms with Crippen molar-refractivity contribution in [2.75, 3.05) is 6.54 Å². The summed E-state index contributed by atoms with van der Waals surface area (Å²) in [4.78, 5) is 11.4. The zero-order valence-electron chi connectivity index (χ0n) is 19.4. The molecule has 1 N–H and O–H groups in total. The first-order valence-corrected chi connectivity index (χ1v) is 16.3. The Balaban J connectivity index is 3.22. The molecule has 0 unspecified atom stereocenters. The van der Waals surface area contributed by atoms with Gasteiger partial charge < -0.3 is 14.2 Å². The van der Waals surface area contributed by atoms with Crippen molar-refractivity contribution in [3.05, 3.63) is 36.4 Å². The van der Waals surface area contributed by atoms with Gasteiger partial charge in [-0.15, -0.1) is 0 Å². The average molecular weight is 436 g/mol. The van der Waals surface area contributed by atoms with Crippen molar-refractivity contribution in [3.63, 3.8) is 0 Å². The van der Waals surface area contributed by atoms with Crippen molar-refractivity contribution >= 4 is 22.5 Å². The summed E-state index contributed by atoms with van der Waals surface area (Å²) in [6.07, 6.45) is 2.06. The summed E-state index contributed by atoms with van der Waals surface area (Å²) in [5.74, 6) is 1.68. The Morgan fingerprint density at radius 3 is 1.83 bits per heavy atom. The van der Waals surface area contributed by atoms with Crippen molar-refractivity contribution < 1.29 is 13.6 Å². The van der Waals surface area contributed by atoms with Gasteiger partial charge >= 0.3 is 0 Å². The fourth-order valence-corrected chi connectivity index (χ4v) is 8.80. The fourth-order valence-electron chi connectivity index (χ4n) is 3.67. The van der Waals surface area contributed by atoms with Gasteiger partial charge in [-0.2, -0.15) is 0 Å². The quantitative estimate of drug-likeness (QED) is 0.275. The minimum Gasteiger partial charge on any atom is -0.541 e. The van der Waals surface area contributed by atoms with Gasteiger partial charge in [0.1, 0.15) is 11.5 Å². The number of nitrogens with one attached hydrogen (secondary N) is 1. The van der Waals surface area contributed by atoms with Crippen molar-refractivity contribution in [2.45, 2.75) is 84.2 Å². The highest BCUT2D eigenvalue weighted by molar-refractivity contribution is 6.75. The van der Waals surface area contributed by atoms with Crippen LogP contribution in [0.5, 0.6) is 11.5 Å². The molecule has 1 aromatic carbocycles. The molecule has 0 spiro atoms. The Kier molecular flexibility index (Phi) is 10.8. The van der Waals surface area contributed by atoms with Crippen LogP contribution >= 0.6 is 0 Å². The highest BCUT2D eigenvalue weighted by Gasteiger charge is 2.35. The average Bonchev–Trinajstić information content (AvgIpc) is 2.77. The molecule has 0 radical (unpaired) electrons. The number of carbonyl (C=O) groups is 1. The van der Waals surface area contributed by atoms with Crippen LogP contribution in [0, 0.1) is 0 Å². The molecule has 1 rings (SSSR count). The van der Waals surface area contributed by atoms with Gasteiger partial charge in [-0.05, 0) is 66.5 Å². The summed E-state index contributed by atoms with van der Waals surface area (Å²) in [5.41, 5.74) is 1.15. The Morgan fingerprint density at radius 2 is 1.38 bits per heavy atom. The largest absolute Gasteiger partial charge is 0.541 e. The molecule has 1 amide bonds. The molecule has 29 heavy (non-hydrogen) atoms. The molecule has 0 saturated heterocycles. The molecule has 6 heteroatoms. The maximum absolute atomic E-state index is 11.4. The minimum absolute atomic E-state index is 0.138. The van der Waals surface area contributed by atoms with Crippen LogP contribution in [0.4, 0.5) is 0 Å². The Morgan fingerprint density at radius 1 is 0.897 bits per heavy atom. The Labute approximate surface area is 180 Å². The second kappa shape index (κ2) is 12.2. The van der Waals surface area contributed by atoms with Crippen molar-refractivity contribution in [1.29, 1.82) is 0 Å². The van der Waals surface area contributed by atoms with E-state index in [1.165, 1.54) is 6.08 Å². The van der Waals surface area contributed by atoms with E-state index in [4.69, 9.17) is 8.85 Å². The van der Waals surface area contributed by atoms with Crippen LogP contribution in [-0.4, -0.2) is 29.1 Å². The van der Waals surface area contributed by atoms with E-state index >= 15 is 0 Å². The van der Waals surface area contributed by atoms with Gasteiger partial charge in [-0.3, -0.25) is 4.79 Å². The predicted molar refractivity (Wildman–Crippen MR) is 129 cm³/mol. The molecule has 4 nitrogen and oxygen atoms in total. The molecule has 0 fully saturated rings. The van der Waals surface area contributed by atoms with Crippen molar-refractivity contribution in [3.8, 4) is 11.5 Å². The lowest BCUT2D eigenvalue weighted by atomic mass is 10.1. The number of carbonyl (C=O) groups excluding carboxylic acids is 1. The molecule has 0 aliphatic heterocycles. The molecule has 1 aromatic rings. The highest BCUT2D eigenvalue weighted by Crippen LogP contribution is 2.37. The number of hydrogen-bond acceptors (Lipinski definition) is 3. The van der Waals surface area contributed by atoms with Crippen molar-refractivity contribution in [1.82, 2.24) is 5.32 Å². The standard InChI is InChI=1S/C23H41NO3Si2/c1-8-23(25)24-18-17-20-15-16-21(26-28(9-2,10-3)11-4)22(19-20)27-29(12-5,13-6)14-7/h8,15-16,19H,1,9-14,17-18H2,2-7H3,(H,24,25). The van der Waals surface area contributed by atoms with Gasteiger partial charge in [0.15, 0.2) is 0 Å². The normalized spacial score (nSPS) is 11.8. The summed E-state index contributed by atoms with van der Waals surface area (Å²) in [6, 6.07) is 12.9. The zero-order valence-corrected chi connectivity index (χ0v) is 21.4. The van der Waals surface area contributed by atoms with E-state index in [1.807, 2.05) is 0 Å². The monoisotopic (exact) mass is 435 g/mol. The first kappa shape index (κ1) is 25.5. The van der Waals surface area contributed by atoms with E-state index in [9.17, 15) is 4.79 Å². The maximum atomic E-state index is 11.4. The lowest BCUT2D eigenvalue weighted by Crippen LogP contribution is -2.41. The van der Waals surface area contributed by atoms with E-state index in [0.717, 1.165) is 59.7 Å². The second-order valence-corrected chi connectivity index (χ2v) is 17.1. The van der Waals surface area contributed by atoms with Crippen LogP contribution < -0.4 is 14.2 Å². The van der Waals surface area contributed by atoms with Crippen LogP contribution in [0.3, 0.4) is 0 Å². The Hall–Kier alpha value is -1.54. The third-order valence-electron chi connectivity index (χ3n) is 6.43. The predicted octanol–water partition coefficient (Wildman–Crippen LogP) is 6.30. The van der Waals surface area contributed by atoms with Crippen LogP contribution in [0.15, 0.2) is 30.9 Å². The Bertz CT molecular complexity index is 639. The van der Waals surface area contributed by atoms with Crippen LogP contribution in [0.25, 0.3) is 0 Å². The van der Waals surface area contributed by atoms with Gasteiger partial charge in [0.25, 0.3) is 16.6 Å². The molecular formula is C23H41NO3Si2. The van der Waals surface area contributed by atoms with Crippen LogP contribution in [0.1, 0.15) is 47.1 Å². The molecule has 0 aromatic heterocycles. The van der Waals surface area contributed by atoms with Gasteiger partial charge in [-0.25, -0.2) is 0 Å². The van der Waals surface area contributed by atoms with E-state index in [1.54, 1.807) is 0 Å². The first-order chi connectivity index (χ1) is 13.9. The molecule has 0 bridgehead atoms. The number of hydrogen-bond donors (Lipinski definition) is 1. The van der Waals surface area contributed by atoms with E-state index in [-0.39, 0.29) is 5.91 Å². The van der Waals surface area contributed by atoms with E-state index < -0.39 is 16.6 Å². The third kappa shape index (κ3) is 7.03. The van der Waals surface area contributed by atoms with E-state index in [2.05, 4.69) is 71.6 Å². The highest BCUT2D eigenvalue weighted by atomic mass is 28.4. The zero-order chi connectivity index (χ0) is 21.9. The summed E-state index contributed by atoms with van der Waals surface area (Å²) in [5, 5.41) is 2.85. The van der Waals surface area contributed by atoms with Crippen LogP contribution in [-0.2, 0) is 11.2 Å². The summed E-state index contributed by atoms with van der Waals surface area (Å²) in [7, 11) is -3.61. The van der Waals surface area contributed by atoms with Crippen LogP contribution in [0.2, 0.25) is 36.3 Å². The lowest BCUT2D eigenvalue weighted by Gasteiger charge is -2.34. The number of amides is 1. The lowest BCUT2D eigenvalue weighted by molar-refractivity contribution is -0.116. The third-order valence-corrected chi connectivity index (χ3v) is 15.5. The second-order valence-electron chi connectivity index (χ2n) is 7.72. The SMILES string of the molecule is C=CC(=O)NCCc1ccc(O[Si](CC)(CC)CC)c(O[Si](CC)(CC)CC)c1. The summed E-state index contributed by atoms with van der Waals surface area (Å²) < 4.78 is 13.5. The molecule has 0 saturated carbocycles. The molecule has 164 valence electrons. The molecular weight excluding hydrogens is 394 g/mol. The number of rotatable bonds is 14. The molecule has 0 heterocycles. The molecule has 0 aliphatic carbocycles. The topological polar surface area (TPSA) is 47.6 Å². The van der Waals surface area contributed by atoms with Gasteiger partial charge in [-0.1, -0.05) is 54.2 Å². The smallest absolute Gasteiger partial charge is 0.250 e. The molecule has 0 atom stereocenters.